The summed E-state index contributed by atoms with van der Waals surface area (Å²) < 4.78 is 11.0. The molecule has 1 heterocycles. The first-order chi connectivity index (χ1) is 9.50. The summed E-state index contributed by atoms with van der Waals surface area (Å²) in [5, 5.41) is 0. The van der Waals surface area contributed by atoms with Gasteiger partial charge in [0, 0.05) is 24.0 Å². The van der Waals surface area contributed by atoms with Crippen LogP contribution in [0.1, 0.15) is 54.5 Å². The lowest BCUT2D eigenvalue weighted by atomic mass is 9.69. The lowest BCUT2D eigenvalue weighted by molar-refractivity contribution is -0.150. The van der Waals surface area contributed by atoms with Gasteiger partial charge in [0.25, 0.3) is 0 Å². The number of hydrogen-bond acceptors (Lipinski definition) is 4. The maximum atomic E-state index is 12.5. The van der Waals surface area contributed by atoms with Crippen molar-refractivity contribution in [2.75, 3.05) is 0 Å². The molecule has 4 nitrogen and oxygen atoms in total. The van der Waals surface area contributed by atoms with E-state index >= 15 is 0 Å². The van der Waals surface area contributed by atoms with Gasteiger partial charge in [-0.05, 0) is 31.2 Å². The number of Topliss-reactive ketones (excluding diaryl/α,β-unsaturated/α-hetero) is 1. The first-order valence-corrected chi connectivity index (χ1v) is 7.00. The second kappa shape index (κ2) is 4.62. The second-order valence-electron chi connectivity index (χ2n) is 5.76. The summed E-state index contributed by atoms with van der Waals surface area (Å²) in [6.45, 7) is 5.40. The van der Waals surface area contributed by atoms with Crippen LogP contribution < -0.4 is 0 Å². The Balaban J connectivity index is 2.17. The molecule has 0 spiro atoms. The molecule has 0 N–H and O–H groups in total. The Kier molecular flexibility index (Phi) is 3.04. The molecule has 20 heavy (non-hydrogen) atoms. The standard InChI is InChI=1S/C16H18O4/c1-8-5-4-6-11-12(8)15(20-10(3)17)13-9(2)7-19-16(13)14(11)18/h6-8,12,15H,4-5H2,1-3H3. The van der Waals surface area contributed by atoms with Gasteiger partial charge < -0.3 is 9.15 Å². The lowest BCUT2D eigenvalue weighted by Crippen LogP contribution is -2.35. The molecular weight excluding hydrogens is 256 g/mol. The van der Waals surface area contributed by atoms with Crippen molar-refractivity contribution in [3.8, 4) is 0 Å². The van der Waals surface area contributed by atoms with E-state index in [0.717, 1.165) is 29.5 Å². The van der Waals surface area contributed by atoms with Gasteiger partial charge in [-0.3, -0.25) is 9.59 Å². The number of esters is 1. The molecule has 2 aliphatic carbocycles. The third kappa shape index (κ3) is 1.82. The molecule has 2 aliphatic rings. The highest BCUT2D eigenvalue weighted by Crippen LogP contribution is 2.48. The molecule has 106 valence electrons. The minimum Gasteiger partial charge on any atom is -0.460 e. The summed E-state index contributed by atoms with van der Waals surface area (Å²) in [5.74, 6) is 0.223. The lowest BCUT2D eigenvalue weighted by Gasteiger charge is -2.38. The van der Waals surface area contributed by atoms with Crippen LogP contribution in [0.15, 0.2) is 22.3 Å². The van der Waals surface area contributed by atoms with Crippen LogP contribution in [0.4, 0.5) is 0 Å². The van der Waals surface area contributed by atoms with Crippen LogP contribution >= 0.6 is 0 Å². The zero-order valence-corrected chi connectivity index (χ0v) is 11.9. The molecule has 0 saturated heterocycles. The third-order valence-electron chi connectivity index (χ3n) is 4.35. The van der Waals surface area contributed by atoms with Crippen molar-refractivity contribution in [1.29, 1.82) is 0 Å². The van der Waals surface area contributed by atoms with E-state index in [-0.39, 0.29) is 17.7 Å². The molecule has 1 aromatic rings. The average molecular weight is 274 g/mol. The summed E-state index contributed by atoms with van der Waals surface area (Å²) in [6, 6.07) is 0. The number of furan rings is 1. The Bertz CT molecular complexity index is 608. The van der Waals surface area contributed by atoms with Gasteiger partial charge in [0.2, 0.25) is 5.78 Å². The fourth-order valence-corrected chi connectivity index (χ4v) is 3.43. The maximum Gasteiger partial charge on any atom is 0.303 e. The van der Waals surface area contributed by atoms with Gasteiger partial charge in [0.15, 0.2) is 5.76 Å². The summed E-state index contributed by atoms with van der Waals surface area (Å²) in [7, 11) is 0. The highest BCUT2D eigenvalue weighted by molar-refractivity contribution is 6.10. The van der Waals surface area contributed by atoms with Crippen LogP contribution in [0.3, 0.4) is 0 Å². The van der Waals surface area contributed by atoms with Gasteiger partial charge in [-0.25, -0.2) is 0 Å². The first kappa shape index (κ1) is 13.2. The van der Waals surface area contributed by atoms with Gasteiger partial charge in [-0.2, -0.15) is 0 Å². The van der Waals surface area contributed by atoms with Crippen molar-refractivity contribution >= 4 is 11.8 Å². The maximum absolute atomic E-state index is 12.5. The van der Waals surface area contributed by atoms with Crippen LogP contribution in [-0.2, 0) is 9.53 Å². The van der Waals surface area contributed by atoms with Crippen molar-refractivity contribution in [2.24, 2.45) is 11.8 Å². The van der Waals surface area contributed by atoms with Crippen molar-refractivity contribution in [1.82, 2.24) is 0 Å². The molecule has 4 heteroatoms. The SMILES string of the molecule is CC(=O)OC1c2c(C)coc2C(=O)C2=CCCC(C)C21. The van der Waals surface area contributed by atoms with E-state index in [2.05, 4.69) is 6.92 Å². The summed E-state index contributed by atoms with van der Waals surface area (Å²) >= 11 is 0. The molecule has 0 aliphatic heterocycles. The van der Waals surface area contributed by atoms with E-state index in [0.29, 0.717) is 11.7 Å². The zero-order valence-electron chi connectivity index (χ0n) is 11.9. The molecular formula is C16H18O4. The molecule has 0 saturated carbocycles. The number of aryl methyl sites for hydroxylation is 1. The van der Waals surface area contributed by atoms with E-state index in [1.165, 1.54) is 6.92 Å². The predicted octanol–water partition coefficient (Wildman–Crippen LogP) is 3.36. The van der Waals surface area contributed by atoms with E-state index in [4.69, 9.17) is 9.15 Å². The molecule has 3 atom stereocenters. The van der Waals surface area contributed by atoms with Gasteiger partial charge in [0.05, 0.1) is 6.26 Å². The van der Waals surface area contributed by atoms with E-state index in [1.54, 1.807) is 6.26 Å². The molecule has 0 amide bonds. The molecule has 0 bridgehead atoms. The summed E-state index contributed by atoms with van der Waals surface area (Å²) in [4.78, 5) is 24.0. The van der Waals surface area contributed by atoms with Crippen molar-refractivity contribution in [3.63, 3.8) is 0 Å². The summed E-state index contributed by atoms with van der Waals surface area (Å²) in [6.07, 6.45) is 5.04. The number of ketones is 1. The monoisotopic (exact) mass is 274 g/mol. The Labute approximate surface area is 117 Å². The normalized spacial score (nSPS) is 28.4. The van der Waals surface area contributed by atoms with E-state index in [1.807, 2.05) is 13.0 Å². The summed E-state index contributed by atoms with van der Waals surface area (Å²) in [5.41, 5.74) is 2.37. The number of allylic oxidation sites excluding steroid dienone is 1. The highest BCUT2D eigenvalue weighted by atomic mass is 16.5. The third-order valence-corrected chi connectivity index (χ3v) is 4.35. The average Bonchev–Trinajstić information content (AvgIpc) is 2.77. The minimum absolute atomic E-state index is 0.0481. The van der Waals surface area contributed by atoms with Gasteiger partial charge in [-0.1, -0.05) is 13.0 Å². The molecule has 3 unspecified atom stereocenters. The molecule has 0 aromatic carbocycles. The number of rotatable bonds is 1. The van der Waals surface area contributed by atoms with Gasteiger partial charge in [0.1, 0.15) is 6.10 Å². The second-order valence-corrected chi connectivity index (χ2v) is 5.76. The topological polar surface area (TPSA) is 56.5 Å². The Morgan fingerprint density at radius 2 is 2.20 bits per heavy atom. The number of carbonyl (C=O) groups excluding carboxylic acids is 2. The predicted molar refractivity (Wildman–Crippen MR) is 72.3 cm³/mol. The number of ether oxygens (including phenoxy) is 1. The zero-order chi connectivity index (χ0) is 14.4. The fraction of sp³-hybridized carbons (Fsp3) is 0.500. The highest BCUT2D eigenvalue weighted by Gasteiger charge is 2.46. The van der Waals surface area contributed by atoms with Crippen LogP contribution in [0, 0.1) is 18.8 Å². The Hall–Kier alpha value is -1.84. The Morgan fingerprint density at radius 1 is 1.45 bits per heavy atom. The Morgan fingerprint density at radius 3 is 2.90 bits per heavy atom. The van der Waals surface area contributed by atoms with Gasteiger partial charge in [-0.15, -0.1) is 0 Å². The van der Waals surface area contributed by atoms with Crippen molar-refractivity contribution in [3.05, 3.63) is 34.8 Å². The van der Waals surface area contributed by atoms with Crippen molar-refractivity contribution < 1.29 is 18.7 Å². The molecule has 0 radical (unpaired) electrons. The van der Waals surface area contributed by atoms with Crippen LogP contribution in [0.2, 0.25) is 0 Å². The van der Waals surface area contributed by atoms with E-state index < -0.39 is 6.10 Å². The first-order valence-electron chi connectivity index (χ1n) is 7.00. The van der Waals surface area contributed by atoms with Crippen LogP contribution in [0.25, 0.3) is 0 Å². The fourth-order valence-electron chi connectivity index (χ4n) is 3.43. The van der Waals surface area contributed by atoms with Crippen LogP contribution in [-0.4, -0.2) is 11.8 Å². The van der Waals surface area contributed by atoms with E-state index in [9.17, 15) is 9.59 Å². The van der Waals surface area contributed by atoms with Crippen LogP contribution in [0.5, 0.6) is 0 Å². The number of hydrogen-bond donors (Lipinski definition) is 0. The largest absolute Gasteiger partial charge is 0.460 e. The minimum atomic E-state index is -0.402. The smallest absolute Gasteiger partial charge is 0.303 e. The quantitative estimate of drug-likeness (QED) is 0.737. The van der Waals surface area contributed by atoms with Gasteiger partial charge >= 0.3 is 5.97 Å². The molecule has 3 rings (SSSR count). The van der Waals surface area contributed by atoms with Crippen molar-refractivity contribution in [2.45, 2.75) is 39.7 Å². The molecule has 1 aromatic heterocycles. The number of carbonyl (C=O) groups is 2. The molecule has 0 fully saturated rings. The number of fused-ring (bicyclic) bond motifs is 2.